The molecule has 0 aromatic rings. The lowest BCUT2D eigenvalue weighted by atomic mass is 9.55. The summed E-state index contributed by atoms with van der Waals surface area (Å²) in [6, 6.07) is 0. The number of carboxylic acid groups (broad SMARTS) is 1. The summed E-state index contributed by atoms with van der Waals surface area (Å²) in [6.07, 6.45) is 18.2. The molecule has 3 aliphatic rings. The van der Waals surface area contributed by atoms with Crippen LogP contribution in [0.3, 0.4) is 0 Å². The molecule has 2 heteroatoms. The lowest BCUT2D eigenvalue weighted by molar-refractivity contribution is -0.137. The number of hydrogen-bond acceptors (Lipinski definition) is 1. The number of rotatable bonds is 4. The summed E-state index contributed by atoms with van der Waals surface area (Å²) < 4.78 is 0. The normalized spacial score (nSPS) is 42.4. The molecule has 0 aliphatic heterocycles. The quantitative estimate of drug-likeness (QED) is 0.615. The smallest absolute Gasteiger partial charge is 0.303 e. The Morgan fingerprint density at radius 1 is 1.00 bits per heavy atom. The average molecular weight is 349 g/mol. The second-order valence-corrected chi connectivity index (χ2v) is 9.96. The van der Waals surface area contributed by atoms with Gasteiger partial charge in [0.1, 0.15) is 0 Å². The zero-order valence-corrected chi connectivity index (χ0v) is 16.6. The SMILES string of the molecule is CC1CCCCCC2CC[C@@]3(C)C(CC[C@@H]3CCCC(=O)O)C2CC1. The Balaban J connectivity index is 1.66. The molecule has 0 radical (unpaired) electrons. The topological polar surface area (TPSA) is 37.3 Å². The summed E-state index contributed by atoms with van der Waals surface area (Å²) in [6.45, 7) is 5.05. The van der Waals surface area contributed by atoms with Gasteiger partial charge in [0.2, 0.25) is 0 Å². The van der Waals surface area contributed by atoms with E-state index in [9.17, 15) is 4.79 Å². The molecular weight excluding hydrogens is 308 g/mol. The minimum absolute atomic E-state index is 0.362. The van der Waals surface area contributed by atoms with Gasteiger partial charge in [-0.15, -0.1) is 0 Å². The van der Waals surface area contributed by atoms with Crippen LogP contribution in [-0.2, 0) is 4.79 Å². The molecular formula is C23H40O2. The van der Waals surface area contributed by atoms with Crippen LogP contribution in [0.5, 0.6) is 0 Å². The van der Waals surface area contributed by atoms with Crippen molar-refractivity contribution >= 4 is 5.97 Å². The van der Waals surface area contributed by atoms with Crippen LogP contribution >= 0.6 is 0 Å². The van der Waals surface area contributed by atoms with E-state index in [1.54, 1.807) is 0 Å². The molecule has 0 aromatic heterocycles. The van der Waals surface area contributed by atoms with Crippen LogP contribution in [0.1, 0.15) is 104 Å². The largest absolute Gasteiger partial charge is 0.481 e. The highest BCUT2D eigenvalue weighted by atomic mass is 16.4. The molecule has 0 spiro atoms. The molecule has 3 fully saturated rings. The molecule has 3 saturated carbocycles. The number of carboxylic acids is 1. The Kier molecular flexibility index (Phi) is 6.49. The Labute approximate surface area is 155 Å². The molecule has 0 heterocycles. The minimum Gasteiger partial charge on any atom is -0.481 e. The second-order valence-electron chi connectivity index (χ2n) is 9.96. The summed E-state index contributed by atoms with van der Waals surface area (Å²) >= 11 is 0. The number of fused-ring (bicyclic) bond motifs is 3. The van der Waals surface area contributed by atoms with Gasteiger partial charge in [0, 0.05) is 6.42 Å². The van der Waals surface area contributed by atoms with Gasteiger partial charge in [0.25, 0.3) is 0 Å². The molecule has 25 heavy (non-hydrogen) atoms. The van der Waals surface area contributed by atoms with Crippen molar-refractivity contribution in [2.45, 2.75) is 104 Å². The summed E-state index contributed by atoms with van der Waals surface area (Å²) in [5.41, 5.74) is 0.507. The number of hydrogen-bond donors (Lipinski definition) is 1. The Bertz CT molecular complexity index is 445. The van der Waals surface area contributed by atoms with Crippen molar-refractivity contribution in [2.75, 3.05) is 0 Å². The van der Waals surface area contributed by atoms with Crippen LogP contribution in [0.25, 0.3) is 0 Å². The molecule has 144 valence electrons. The molecule has 0 aromatic carbocycles. The second kappa shape index (κ2) is 8.44. The summed E-state index contributed by atoms with van der Waals surface area (Å²) in [7, 11) is 0. The zero-order valence-electron chi connectivity index (χ0n) is 16.6. The third-order valence-corrected chi connectivity index (χ3v) is 8.49. The summed E-state index contributed by atoms with van der Waals surface area (Å²) in [4.78, 5) is 10.9. The fraction of sp³-hybridized carbons (Fsp3) is 0.957. The average Bonchev–Trinajstić information content (AvgIpc) is 2.90. The zero-order chi connectivity index (χ0) is 17.9. The van der Waals surface area contributed by atoms with E-state index in [0.29, 0.717) is 11.8 Å². The maximum Gasteiger partial charge on any atom is 0.303 e. The van der Waals surface area contributed by atoms with E-state index < -0.39 is 5.97 Å². The maximum atomic E-state index is 10.9. The van der Waals surface area contributed by atoms with Gasteiger partial charge in [0.05, 0.1) is 0 Å². The Morgan fingerprint density at radius 3 is 2.60 bits per heavy atom. The molecule has 0 saturated heterocycles. The van der Waals surface area contributed by atoms with Gasteiger partial charge < -0.3 is 5.11 Å². The van der Waals surface area contributed by atoms with Crippen LogP contribution in [0.2, 0.25) is 0 Å². The predicted molar refractivity (Wildman–Crippen MR) is 104 cm³/mol. The van der Waals surface area contributed by atoms with Crippen molar-refractivity contribution in [1.82, 2.24) is 0 Å². The van der Waals surface area contributed by atoms with Gasteiger partial charge in [0.15, 0.2) is 0 Å². The molecule has 6 atom stereocenters. The van der Waals surface area contributed by atoms with Gasteiger partial charge in [-0.2, -0.15) is 0 Å². The molecule has 4 unspecified atom stereocenters. The highest BCUT2D eigenvalue weighted by molar-refractivity contribution is 5.66. The van der Waals surface area contributed by atoms with Crippen molar-refractivity contribution < 1.29 is 9.90 Å². The first-order valence-electron chi connectivity index (χ1n) is 11.2. The van der Waals surface area contributed by atoms with Gasteiger partial charge in [-0.1, -0.05) is 52.4 Å². The predicted octanol–water partition coefficient (Wildman–Crippen LogP) is 6.68. The van der Waals surface area contributed by atoms with Crippen molar-refractivity contribution in [2.24, 2.45) is 35.0 Å². The van der Waals surface area contributed by atoms with Crippen LogP contribution in [-0.4, -0.2) is 11.1 Å². The Morgan fingerprint density at radius 2 is 1.80 bits per heavy atom. The van der Waals surface area contributed by atoms with E-state index in [4.69, 9.17) is 5.11 Å². The summed E-state index contributed by atoms with van der Waals surface area (Å²) in [5.74, 6) is 3.95. The van der Waals surface area contributed by atoms with Gasteiger partial charge in [-0.05, 0) is 80.0 Å². The van der Waals surface area contributed by atoms with Gasteiger partial charge in [-0.25, -0.2) is 0 Å². The van der Waals surface area contributed by atoms with E-state index in [2.05, 4.69) is 13.8 Å². The van der Waals surface area contributed by atoms with Gasteiger partial charge >= 0.3 is 5.97 Å². The molecule has 0 amide bonds. The lowest BCUT2D eigenvalue weighted by Crippen LogP contribution is -2.41. The molecule has 3 aliphatic carbocycles. The van der Waals surface area contributed by atoms with E-state index >= 15 is 0 Å². The van der Waals surface area contributed by atoms with E-state index in [1.165, 1.54) is 70.6 Å². The van der Waals surface area contributed by atoms with Crippen molar-refractivity contribution in [3.05, 3.63) is 0 Å². The van der Waals surface area contributed by atoms with Crippen molar-refractivity contribution in [3.8, 4) is 0 Å². The van der Waals surface area contributed by atoms with E-state index in [0.717, 1.165) is 42.4 Å². The Hall–Kier alpha value is -0.530. The number of aliphatic carboxylic acids is 1. The highest BCUT2D eigenvalue weighted by Crippen LogP contribution is 2.61. The fourth-order valence-electron chi connectivity index (χ4n) is 6.94. The molecule has 0 bridgehead atoms. The third kappa shape index (κ3) is 4.42. The highest BCUT2D eigenvalue weighted by Gasteiger charge is 2.52. The van der Waals surface area contributed by atoms with Crippen LogP contribution in [0.15, 0.2) is 0 Å². The first-order chi connectivity index (χ1) is 12.0. The van der Waals surface area contributed by atoms with Gasteiger partial charge in [-0.3, -0.25) is 4.79 Å². The van der Waals surface area contributed by atoms with Crippen LogP contribution in [0.4, 0.5) is 0 Å². The first kappa shape index (κ1) is 19.2. The third-order valence-electron chi connectivity index (χ3n) is 8.49. The fourth-order valence-corrected chi connectivity index (χ4v) is 6.94. The summed E-state index contributed by atoms with van der Waals surface area (Å²) in [5, 5.41) is 8.97. The van der Waals surface area contributed by atoms with Crippen molar-refractivity contribution in [1.29, 1.82) is 0 Å². The van der Waals surface area contributed by atoms with E-state index in [1.807, 2.05) is 0 Å². The van der Waals surface area contributed by atoms with Crippen LogP contribution < -0.4 is 0 Å². The monoisotopic (exact) mass is 348 g/mol. The standard InChI is InChI=1S/C23H40O2/c1-17-7-4-3-5-8-18-15-16-23(2)19(9-6-10-22(24)25)12-14-21(23)20(18)13-11-17/h17-21H,3-16H2,1-2H3,(H,24,25)/t17?,18?,19-,20?,21?,23+/m0/s1. The molecule has 1 N–H and O–H groups in total. The number of carbonyl (C=O) groups is 1. The van der Waals surface area contributed by atoms with Crippen LogP contribution in [0, 0.1) is 35.0 Å². The lowest BCUT2D eigenvalue weighted by Gasteiger charge is -2.49. The molecule has 3 rings (SSSR count). The van der Waals surface area contributed by atoms with E-state index in [-0.39, 0.29) is 0 Å². The van der Waals surface area contributed by atoms with Crippen molar-refractivity contribution in [3.63, 3.8) is 0 Å². The molecule has 2 nitrogen and oxygen atoms in total. The first-order valence-corrected chi connectivity index (χ1v) is 11.2. The maximum absolute atomic E-state index is 10.9. The minimum atomic E-state index is -0.621.